The second kappa shape index (κ2) is 7.38. The van der Waals surface area contributed by atoms with Crippen molar-refractivity contribution in [3.05, 3.63) is 65.2 Å². The number of carbonyl (C=O) groups is 2. The molecule has 27 heavy (non-hydrogen) atoms. The fraction of sp³-hybridized carbons (Fsp3) is 0.211. The smallest absolute Gasteiger partial charge is 0.290 e. The molecule has 4 rings (SSSR count). The molecule has 0 saturated carbocycles. The number of morpholine rings is 1. The molecule has 0 radical (unpaired) electrons. The highest BCUT2D eigenvalue weighted by Crippen LogP contribution is 2.18. The number of benzene rings is 1. The Morgan fingerprint density at radius 3 is 2.56 bits per heavy atom. The summed E-state index contributed by atoms with van der Waals surface area (Å²) < 4.78 is 6.94. The van der Waals surface area contributed by atoms with Gasteiger partial charge in [-0.05, 0) is 36.4 Å². The first-order valence-electron chi connectivity index (χ1n) is 8.54. The number of pyridine rings is 1. The van der Waals surface area contributed by atoms with Gasteiger partial charge in [-0.15, -0.1) is 0 Å². The Hall–Kier alpha value is -2.90. The van der Waals surface area contributed by atoms with Gasteiger partial charge in [0.1, 0.15) is 0 Å². The van der Waals surface area contributed by atoms with Crippen molar-refractivity contribution in [2.75, 3.05) is 31.6 Å². The molecule has 3 heterocycles. The summed E-state index contributed by atoms with van der Waals surface area (Å²) in [6, 6.07) is 12.2. The van der Waals surface area contributed by atoms with Crippen molar-refractivity contribution in [1.82, 2.24) is 14.3 Å². The van der Waals surface area contributed by atoms with E-state index < -0.39 is 0 Å². The zero-order chi connectivity index (χ0) is 18.8. The van der Waals surface area contributed by atoms with Crippen molar-refractivity contribution < 1.29 is 14.3 Å². The van der Waals surface area contributed by atoms with E-state index in [1.807, 2.05) is 0 Å². The molecule has 138 valence electrons. The van der Waals surface area contributed by atoms with Crippen molar-refractivity contribution in [2.45, 2.75) is 0 Å². The molecule has 1 N–H and O–H groups in total. The second-order valence-corrected chi connectivity index (χ2v) is 6.54. The van der Waals surface area contributed by atoms with Gasteiger partial charge < -0.3 is 15.0 Å². The predicted octanol–water partition coefficient (Wildman–Crippen LogP) is 2.71. The third-order valence-corrected chi connectivity index (χ3v) is 4.61. The van der Waals surface area contributed by atoms with Crippen LogP contribution in [0.3, 0.4) is 0 Å². The molecule has 0 spiro atoms. The number of carbonyl (C=O) groups excluding carboxylic acids is 2. The summed E-state index contributed by atoms with van der Waals surface area (Å²) in [5, 5.41) is 3.37. The average molecular weight is 385 g/mol. The molecule has 1 fully saturated rings. The van der Waals surface area contributed by atoms with Crippen LogP contribution >= 0.6 is 11.6 Å². The lowest BCUT2D eigenvalue weighted by Gasteiger charge is -2.26. The Morgan fingerprint density at radius 1 is 1.07 bits per heavy atom. The van der Waals surface area contributed by atoms with Gasteiger partial charge in [0, 0.05) is 30.0 Å². The molecule has 0 unspecified atom stereocenters. The molecule has 7 nitrogen and oxygen atoms in total. The van der Waals surface area contributed by atoms with Gasteiger partial charge in [-0.1, -0.05) is 17.7 Å². The second-order valence-electron chi connectivity index (χ2n) is 6.11. The standard InChI is InChI=1S/C19H17ClN4O3/c20-13-4-6-14(7-5-13)21-18(25)16-15-3-1-2-8-24(15)17(22-16)19(26)23-9-11-27-12-10-23/h1-8H,9-12H2,(H,21,25). The molecular formula is C19H17ClN4O3. The van der Waals surface area contributed by atoms with Gasteiger partial charge >= 0.3 is 0 Å². The number of fused-ring (bicyclic) bond motifs is 1. The third kappa shape index (κ3) is 3.51. The van der Waals surface area contributed by atoms with E-state index >= 15 is 0 Å². The lowest BCUT2D eigenvalue weighted by atomic mass is 10.3. The largest absolute Gasteiger partial charge is 0.378 e. The summed E-state index contributed by atoms with van der Waals surface area (Å²) in [5.41, 5.74) is 1.37. The Kier molecular flexibility index (Phi) is 4.79. The minimum absolute atomic E-state index is 0.196. The first-order valence-corrected chi connectivity index (χ1v) is 8.92. The van der Waals surface area contributed by atoms with Crippen LogP contribution in [0, 0.1) is 0 Å². The number of hydrogen-bond acceptors (Lipinski definition) is 4. The zero-order valence-electron chi connectivity index (χ0n) is 14.4. The van der Waals surface area contributed by atoms with Crippen LogP contribution in [0.25, 0.3) is 5.52 Å². The van der Waals surface area contributed by atoms with E-state index in [0.717, 1.165) is 0 Å². The summed E-state index contributed by atoms with van der Waals surface area (Å²) in [6.45, 7) is 2.01. The summed E-state index contributed by atoms with van der Waals surface area (Å²) in [5.74, 6) is -0.388. The number of imidazole rings is 1. The molecule has 0 atom stereocenters. The van der Waals surface area contributed by atoms with Gasteiger partial charge in [-0.25, -0.2) is 4.98 Å². The molecule has 1 aromatic carbocycles. The van der Waals surface area contributed by atoms with Crippen molar-refractivity contribution in [1.29, 1.82) is 0 Å². The third-order valence-electron chi connectivity index (χ3n) is 4.36. The number of hydrogen-bond donors (Lipinski definition) is 1. The number of halogens is 1. The first-order chi connectivity index (χ1) is 13.1. The van der Waals surface area contributed by atoms with Crippen molar-refractivity contribution in [2.24, 2.45) is 0 Å². The molecule has 8 heteroatoms. The molecule has 1 aliphatic rings. The molecule has 1 saturated heterocycles. The summed E-state index contributed by atoms with van der Waals surface area (Å²) in [7, 11) is 0. The monoisotopic (exact) mass is 384 g/mol. The van der Waals surface area contributed by atoms with E-state index in [1.165, 1.54) is 0 Å². The normalized spacial score (nSPS) is 14.3. The first kappa shape index (κ1) is 17.5. The van der Waals surface area contributed by atoms with Crippen molar-refractivity contribution >= 4 is 34.6 Å². The van der Waals surface area contributed by atoms with Crippen molar-refractivity contribution in [3.63, 3.8) is 0 Å². The van der Waals surface area contributed by atoms with Gasteiger partial charge in [-0.3, -0.25) is 14.0 Å². The number of rotatable bonds is 3. The lowest BCUT2D eigenvalue weighted by molar-refractivity contribution is 0.0294. The lowest BCUT2D eigenvalue weighted by Crippen LogP contribution is -2.41. The maximum Gasteiger partial charge on any atom is 0.290 e. The van der Waals surface area contributed by atoms with Crippen LogP contribution < -0.4 is 5.32 Å². The van der Waals surface area contributed by atoms with Gasteiger partial charge in [0.25, 0.3) is 11.8 Å². The Balaban J connectivity index is 1.67. The maximum atomic E-state index is 12.9. The summed E-state index contributed by atoms with van der Waals surface area (Å²) in [4.78, 5) is 31.7. The molecule has 2 amide bonds. The quantitative estimate of drug-likeness (QED) is 0.753. The minimum atomic E-state index is -0.387. The SMILES string of the molecule is O=C(Nc1ccc(Cl)cc1)c1nc(C(=O)N2CCOCC2)n2ccccc12. The fourth-order valence-corrected chi connectivity index (χ4v) is 3.11. The highest BCUT2D eigenvalue weighted by Gasteiger charge is 2.26. The van der Waals surface area contributed by atoms with Crippen LogP contribution in [0.4, 0.5) is 5.69 Å². The number of nitrogens with zero attached hydrogens (tertiary/aromatic N) is 3. The maximum absolute atomic E-state index is 12.9. The molecule has 2 aromatic heterocycles. The van der Waals surface area contributed by atoms with E-state index in [2.05, 4.69) is 10.3 Å². The number of aromatic nitrogens is 2. The number of amides is 2. The van der Waals surface area contributed by atoms with Gasteiger partial charge in [0.15, 0.2) is 5.69 Å². The van der Waals surface area contributed by atoms with Crippen LogP contribution in [0.2, 0.25) is 5.02 Å². The zero-order valence-corrected chi connectivity index (χ0v) is 15.1. The van der Waals surface area contributed by atoms with Crippen LogP contribution in [0.1, 0.15) is 21.1 Å². The number of nitrogens with one attached hydrogen (secondary N) is 1. The van der Waals surface area contributed by atoms with E-state index in [-0.39, 0.29) is 23.3 Å². The van der Waals surface area contributed by atoms with Crippen LogP contribution in [-0.4, -0.2) is 52.4 Å². The van der Waals surface area contributed by atoms with Gasteiger partial charge in [0.05, 0.1) is 18.7 Å². The van der Waals surface area contributed by atoms with Crippen molar-refractivity contribution in [3.8, 4) is 0 Å². The fourth-order valence-electron chi connectivity index (χ4n) is 2.99. The van der Waals surface area contributed by atoms with Crippen LogP contribution in [0.5, 0.6) is 0 Å². The summed E-state index contributed by atoms with van der Waals surface area (Å²) >= 11 is 5.88. The highest BCUT2D eigenvalue weighted by atomic mass is 35.5. The number of anilines is 1. The molecule has 0 aliphatic carbocycles. The highest BCUT2D eigenvalue weighted by molar-refractivity contribution is 6.30. The van der Waals surface area contributed by atoms with Gasteiger partial charge in [0.2, 0.25) is 5.82 Å². The Morgan fingerprint density at radius 2 is 1.81 bits per heavy atom. The van der Waals surface area contributed by atoms with Crippen LogP contribution in [0.15, 0.2) is 48.7 Å². The minimum Gasteiger partial charge on any atom is -0.378 e. The molecular weight excluding hydrogens is 368 g/mol. The van der Waals surface area contributed by atoms with E-state index in [9.17, 15) is 9.59 Å². The summed E-state index contributed by atoms with van der Waals surface area (Å²) in [6.07, 6.45) is 1.73. The Labute approximate surface area is 160 Å². The van der Waals surface area contributed by atoms with Gasteiger partial charge in [-0.2, -0.15) is 0 Å². The average Bonchev–Trinajstić information content (AvgIpc) is 3.10. The Bertz CT molecular complexity index is 994. The molecule has 3 aromatic rings. The number of ether oxygens (including phenoxy) is 1. The predicted molar refractivity (Wildman–Crippen MR) is 101 cm³/mol. The van der Waals surface area contributed by atoms with E-state index in [0.29, 0.717) is 42.5 Å². The molecule has 0 bridgehead atoms. The van der Waals surface area contributed by atoms with Crippen LogP contribution in [-0.2, 0) is 4.74 Å². The van der Waals surface area contributed by atoms with E-state index in [1.54, 1.807) is 58.0 Å². The topological polar surface area (TPSA) is 75.9 Å². The van der Waals surface area contributed by atoms with E-state index in [4.69, 9.17) is 16.3 Å². The molecule has 1 aliphatic heterocycles.